The number of carbonyl (C=O) groups is 1. The molecule has 8 heteroatoms. The van der Waals surface area contributed by atoms with Gasteiger partial charge in [0.05, 0.1) is 0 Å². The number of piperazine rings is 2. The molecule has 1 atom stereocenters. The minimum absolute atomic E-state index is 0.0657. The fourth-order valence-corrected chi connectivity index (χ4v) is 3.33. The summed E-state index contributed by atoms with van der Waals surface area (Å²) in [7, 11) is 2.11. The number of nitrogens with one attached hydrogen (secondary N) is 1. The van der Waals surface area contributed by atoms with Crippen LogP contribution in [0, 0.1) is 0 Å². The number of nitrogens with zero attached hydrogens (tertiary/aromatic N) is 4. The second-order valence-corrected chi connectivity index (χ2v) is 6.35. The minimum Gasteiger partial charge on any atom is -0.340 e. The largest absolute Gasteiger partial charge is 0.340 e. The molecule has 0 unspecified atom stereocenters. The molecule has 1 aromatic heterocycles. The van der Waals surface area contributed by atoms with E-state index in [1.807, 2.05) is 4.90 Å². The van der Waals surface area contributed by atoms with Gasteiger partial charge in [-0.2, -0.15) is 0 Å². The number of amides is 1. The first-order valence-corrected chi connectivity index (χ1v) is 8.03. The van der Waals surface area contributed by atoms with Crippen molar-refractivity contribution >= 4 is 5.91 Å². The van der Waals surface area contributed by atoms with Gasteiger partial charge in [-0.3, -0.25) is 19.5 Å². The third-order valence-electron chi connectivity index (χ3n) is 4.71. The Hall–Kier alpha value is -1.93. The zero-order chi connectivity index (χ0) is 16.4. The molecule has 2 saturated heterocycles. The predicted molar refractivity (Wildman–Crippen MR) is 85.4 cm³/mol. The smallest absolute Gasteiger partial charge is 0.328 e. The Morgan fingerprint density at radius 2 is 2.00 bits per heavy atom. The number of aromatic nitrogens is 2. The van der Waals surface area contributed by atoms with Gasteiger partial charge in [0.2, 0.25) is 5.91 Å². The van der Waals surface area contributed by atoms with E-state index in [0.29, 0.717) is 12.6 Å². The highest BCUT2D eigenvalue weighted by Crippen LogP contribution is 2.15. The van der Waals surface area contributed by atoms with Crippen LogP contribution in [0.5, 0.6) is 0 Å². The number of carbonyl (C=O) groups excluding carboxylic acids is 1. The van der Waals surface area contributed by atoms with Crippen molar-refractivity contribution in [2.75, 3.05) is 46.3 Å². The molecule has 2 fully saturated rings. The molecule has 0 aromatic carbocycles. The molecule has 0 aliphatic carbocycles. The van der Waals surface area contributed by atoms with Crippen LogP contribution in [-0.4, -0.2) is 82.5 Å². The van der Waals surface area contributed by atoms with Crippen LogP contribution in [0.3, 0.4) is 0 Å². The summed E-state index contributed by atoms with van der Waals surface area (Å²) in [5, 5.41) is 0. The first kappa shape index (κ1) is 15.9. The average Bonchev–Trinajstić information content (AvgIpc) is 2.53. The van der Waals surface area contributed by atoms with Crippen molar-refractivity contribution in [1.29, 1.82) is 0 Å². The molecular formula is C15H23N5O3. The van der Waals surface area contributed by atoms with Gasteiger partial charge >= 0.3 is 5.69 Å². The van der Waals surface area contributed by atoms with Gasteiger partial charge in [0.15, 0.2) is 0 Å². The lowest BCUT2D eigenvalue weighted by atomic mass is 10.1. The normalized spacial score (nSPS) is 22.8. The van der Waals surface area contributed by atoms with Crippen LogP contribution in [0.25, 0.3) is 0 Å². The van der Waals surface area contributed by atoms with Gasteiger partial charge < -0.3 is 14.4 Å². The Morgan fingerprint density at radius 1 is 1.22 bits per heavy atom. The summed E-state index contributed by atoms with van der Waals surface area (Å²) < 4.78 is 1.37. The van der Waals surface area contributed by atoms with Crippen molar-refractivity contribution in [2.24, 2.45) is 0 Å². The van der Waals surface area contributed by atoms with Crippen LogP contribution in [0.15, 0.2) is 21.9 Å². The lowest BCUT2D eigenvalue weighted by Crippen LogP contribution is -2.62. The van der Waals surface area contributed by atoms with E-state index in [2.05, 4.69) is 21.8 Å². The van der Waals surface area contributed by atoms with E-state index in [4.69, 9.17) is 0 Å². The summed E-state index contributed by atoms with van der Waals surface area (Å²) in [6, 6.07) is 1.70. The standard InChI is InChI=1S/C15H23N5O3/c1-17-6-7-18-8-9-20(11-12(18)10-17)14(22)3-5-19-4-2-13(21)16-15(19)23/h2,4,12H,3,5-11H2,1H3,(H,16,21,23)/t12-/m0/s1. The first-order valence-electron chi connectivity index (χ1n) is 8.03. The molecule has 1 amide bonds. The molecule has 2 aliphatic rings. The van der Waals surface area contributed by atoms with Gasteiger partial charge in [-0.1, -0.05) is 0 Å². The maximum absolute atomic E-state index is 12.4. The Kier molecular flexibility index (Phi) is 4.63. The maximum Gasteiger partial charge on any atom is 0.328 e. The van der Waals surface area contributed by atoms with Crippen molar-refractivity contribution in [3.63, 3.8) is 0 Å². The highest BCUT2D eigenvalue weighted by molar-refractivity contribution is 5.76. The van der Waals surface area contributed by atoms with Crippen LogP contribution in [-0.2, 0) is 11.3 Å². The van der Waals surface area contributed by atoms with E-state index in [0.717, 1.165) is 39.3 Å². The van der Waals surface area contributed by atoms with Gasteiger partial charge in [0.1, 0.15) is 0 Å². The third kappa shape index (κ3) is 3.70. The number of hydrogen-bond donors (Lipinski definition) is 1. The number of hydrogen-bond acceptors (Lipinski definition) is 5. The Bertz CT molecular complexity index is 682. The van der Waals surface area contributed by atoms with E-state index in [1.54, 1.807) is 0 Å². The van der Waals surface area contributed by atoms with Crippen molar-refractivity contribution < 1.29 is 4.79 Å². The molecule has 0 radical (unpaired) electrons. The average molecular weight is 321 g/mol. The van der Waals surface area contributed by atoms with Crippen molar-refractivity contribution in [3.05, 3.63) is 33.1 Å². The molecule has 3 heterocycles. The van der Waals surface area contributed by atoms with Crippen molar-refractivity contribution in [3.8, 4) is 0 Å². The molecule has 0 saturated carbocycles. The number of aromatic amines is 1. The zero-order valence-corrected chi connectivity index (χ0v) is 13.4. The molecule has 1 aromatic rings. The highest BCUT2D eigenvalue weighted by Gasteiger charge is 2.32. The molecule has 1 N–H and O–H groups in total. The summed E-state index contributed by atoms with van der Waals surface area (Å²) >= 11 is 0. The number of fused-ring (bicyclic) bond motifs is 1. The summed E-state index contributed by atoms with van der Waals surface area (Å²) in [5.74, 6) is 0.0657. The quantitative estimate of drug-likeness (QED) is 0.724. The highest BCUT2D eigenvalue weighted by atomic mass is 16.2. The van der Waals surface area contributed by atoms with E-state index < -0.39 is 11.2 Å². The van der Waals surface area contributed by atoms with Gasteiger partial charge in [0, 0.05) is 70.5 Å². The van der Waals surface area contributed by atoms with Crippen LogP contribution in [0.4, 0.5) is 0 Å². The summed E-state index contributed by atoms with van der Waals surface area (Å²) in [5.41, 5.74) is -0.890. The van der Waals surface area contributed by atoms with Crippen LogP contribution < -0.4 is 11.2 Å². The predicted octanol–water partition coefficient (Wildman–Crippen LogP) is -1.62. The molecule has 126 valence electrons. The summed E-state index contributed by atoms with van der Waals surface area (Å²) in [6.45, 7) is 5.85. The molecule has 2 aliphatic heterocycles. The minimum atomic E-state index is -0.468. The zero-order valence-electron chi connectivity index (χ0n) is 13.4. The van der Waals surface area contributed by atoms with E-state index in [-0.39, 0.29) is 12.3 Å². The molecular weight excluding hydrogens is 298 g/mol. The molecule has 23 heavy (non-hydrogen) atoms. The monoisotopic (exact) mass is 321 g/mol. The van der Waals surface area contributed by atoms with Gasteiger partial charge in [0.25, 0.3) is 5.56 Å². The van der Waals surface area contributed by atoms with Crippen LogP contribution in [0.2, 0.25) is 0 Å². The fourth-order valence-electron chi connectivity index (χ4n) is 3.33. The Balaban J connectivity index is 1.56. The van der Waals surface area contributed by atoms with Gasteiger partial charge in [-0.05, 0) is 7.05 Å². The molecule has 3 rings (SSSR count). The summed E-state index contributed by atoms with van der Waals surface area (Å²) in [4.78, 5) is 43.9. The third-order valence-corrected chi connectivity index (χ3v) is 4.71. The number of rotatable bonds is 3. The number of H-pyrrole nitrogens is 1. The second-order valence-electron chi connectivity index (χ2n) is 6.35. The lowest BCUT2D eigenvalue weighted by molar-refractivity contribution is -0.135. The number of likely N-dealkylation sites (N-methyl/N-ethyl adjacent to an activating group) is 1. The number of aryl methyl sites for hydroxylation is 1. The first-order chi connectivity index (χ1) is 11.0. The Morgan fingerprint density at radius 3 is 2.78 bits per heavy atom. The van der Waals surface area contributed by atoms with E-state index in [1.165, 1.54) is 16.8 Å². The Labute approximate surface area is 134 Å². The second kappa shape index (κ2) is 6.67. The molecule has 0 spiro atoms. The SMILES string of the molecule is CN1CCN2CCN(C(=O)CCn3ccc(=O)[nH]c3=O)C[C@@H]2C1. The van der Waals surface area contributed by atoms with Crippen molar-refractivity contribution in [1.82, 2.24) is 24.3 Å². The topological polar surface area (TPSA) is 81.7 Å². The summed E-state index contributed by atoms with van der Waals surface area (Å²) in [6.07, 6.45) is 1.71. The maximum atomic E-state index is 12.4. The van der Waals surface area contributed by atoms with Gasteiger partial charge in [-0.25, -0.2) is 4.79 Å². The van der Waals surface area contributed by atoms with Crippen LogP contribution in [0.1, 0.15) is 6.42 Å². The fraction of sp³-hybridized carbons (Fsp3) is 0.667. The van der Waals surface area contributed by atoms with E-state index >= 15 is 0 Å². The lowest BCUT2D eigenvalue weighted by Gasteiger charge is -2.46. The van der Waals surface area contributed by atoms with E-state index in [9.17, 15) is 14.4 Å². The molecule has 0 bridgehead atoms. The van der Waals surface area contributed by atoms with Crippen LogP contribution >= 0.6 is 0 Å². The van der Waals surface area contributed by atoms with Crippen molar-refractivity contribution in [2.45, 2.75) is 19.0 Å². The van der Waals surface area contributed by atoms with Gasteiger partial charge in [-0.15, -0.1) is 0 Å². The molecule has 8 nitrogen and oxygen atoms in total.